The van der Waals surface area contributed by atoms with Crippen LogP contribution in [0.5, 0.6) is 0 Å². The summed E-state index contributed by atoms with van der Waals surface area (Å²) in [5, 5.41) is 20.9. The first-order valence-electron chi connectivity index (χ1n) is 5.33. The molecule has 0 radical (unpaired) electrons. The number of halogens is 2. The number of para-hydroxylation sites is 1. The molecule has 19 heavy (non-hydrogen) atoms. The van der Waals surface area contributed by atoms with E-state index in [-0.39, 0.29) is 17.7 Å². The molecule has 0 spiro atoms. The van der Waals surface area contributed by atoms with Crippen LogP contribution in [0.1, 0.15) is 5.56 Å². The molecule has 0 fully saturated rings. The zero-order valence-corrected chi connectivity index (χ0v) is 9.81. The average molecular weight is 274 g/mol. The zero-order chi connectivity index (χ0) is 14.5. The van der Waals surface area contributed by atoms with Gasteiger partial charge in [0.05, 0.1) is 17.9 Å². The summed E-state index contributed by atoms with van der Waals surface area (Å²) in [7, 11) is 0. The van der Waals surface area contributed by atoms with Crippen LogP contribution in [0, 0.1) is 10.1 Å². The van der Waals surface area contributed by atoms with Gasteiger partial charge in [-0.1, -0.05) is 18.2 Å². The van der Waals surface area contributed by atoms with Crippen LogP contribution in [0.2, 0.25) is 0 Å². The second-order valence-electron chi connectivity index (χ2n) is 3.85. The topological polar surface area (TPSA) is 92.5 Å². The number of aliphatic hydroxyl groups excluding tert-OH is 1. The lowest BCUT2D eigenvalue weighted by molar-refractivity contribution is -0.385. The number of aliphatic hydroxyl groups is 1. The van der Waals surface area contributed by atoms with Crippen LogP contribution in [0.4, 0.5) is 14.5 Å². The number of carbonyl (C=O) groups is 1. The number of rotatable bonds is 6. The Kier molecular flexibility index (Phi) is 4.87. The van der Waals surface area contributed by atoms with Crippen molar-refractivity contribution >= 4 is 11.6 Å². The van der Waals surface area contributed by atoms with E-state index in [1.807, 2.05) is 5.32 Å². The van der Waals surface area contributed by atoms with Crippen LogP contribution in [0.25, 0.3) is 0 Å². The van der Waals surface area contributed by atoms with Crippen LogP contribution in [-0.2, 0) is 11.2 Å². The van der Waals surface area contributed by atoms with E-state index in [0.29, 0.717) is 0 Å². The van der Waals surface area contributed by atoms with E-state index in [9.17, 15) is 23.7 Å². The first kappa shape index (κ1) is 15.0. The molecule has 0 atom stereocenters. The first-order valence-corrected chi connectivity index (χ1v) is 5.33. The predicted molar refractivity (Wildman–Crippen MR) is 61.8 cm³/mol. The molecule has 0 saturated carbocycles. The van der Waals surface area contributed by atoms with Crippen molar-refractivity contribution in [2.75, 3.05) is 13.2 Å². The Labute approximate surface area is 107 Å². The number of nitro groups is 1. The normalized spacial score (nSPS) is 11.1. The number of amides is 1. The standard InChI is InChI=1S/C11H12F2N2O4/c12-11(13,7-16)6-14-10(17)5-8-3-1-2-4-9(8)15(18)19/h1-4,16H,5-7H2,(H,14,17). The molecule has 0 unspecified atom stereocenters. The largest absolute Gasteiger partial charge is 0.390 e. The smallest absolute Gasteiger partial charge is 0.287 e. The maximum atomic E-state index is 12.7. The molecule has 0 bridgehead atoms. The second kappa shape index (κ2) is 6.19. The highest BCUT2D eigenvalue weighted by Gasteiger charge is 2.28. The van der Waals surface area contributed by atoms with Gasteiger partial charge >= 0.3 is 0 Å². The molecule has 1 aromatic carbocycles. The summed E-state index contributed by atoms with van der Waals surface area (Å²) in [6, 6.07) is 5.56. The molecule has 0 aliphatic rings. The molecule has 8 heteroatoms. The quantitative estimate of drug-likeness (QED) is 0.595. The summed E-state index contributed by atoms with van der Waals surface area (Å²) >= 11 is 0. The van der Waals surface area contributed by atoms with Crippen molar-refractivity contribution in [2.45, 2.75) is 12.3 Å². The van der Waals surface area contributed by atoms with Gasteiger partial charge in [-0.2, -0.15) is 0 Å². The van der Waals surface area contributed by atoms with Crippen LogP contribution in [0.15, 0.2) is 24.3 Å². The highest BCUT2D eigenvalue weighted by Crippen LogP contribution is 2.18. The summed E-state index contributed by atoms with van der Waals surface area (Å²) in [5.41, 5.74) is -0.108. The van der Waals surface area contributed by atoms with Crippen LogP contribution >= 0.6 is 0 Å². The van der Waals surface area contributed by atoms with Gasteiger partial charge < -0.3 is 10.4 Å². The number of hydrogen-bond acceptors (Lipinski definition) is 4. The van der Waals surface area contributed by atoms with Gasteiger partial charge in [-0.25, -0.2) is 8.78 Å². The molecule has 0 aromatic heterocycles. The first-order chi connectivity index (χ1) is 8.85. The van der Waals surface area contributed by atoms with Gasteiger partial charge in [-0.15, -0.1) is 0 Å². The molecule has 1 aromatic rings. The van der Waals surface area contributed by atoms with Gasteiger partial charge in [-0.3, -0.25) is 14.9 Å². The Hall–Kier alpha value is -2.09. The van der Waals surface area contributed by atoms with E-state index in [1.54, 1.807) is 0 Å². The van der Waals surface area contributed by atoms with Crippen LogP contribution < -0.4 is 5.32 Å². The van der Waals surface area contributed by atoms with Gasteiger partial charge in [0, 0.05) is 11.6 Å². The summed E-state index contributed by atoms with van der Waals surface area (Å²) in [5.74, 6) is -4.18. The SMILES string of the molecule is O=C(Cc1ccccc1[N+](=O)[O-])NCC(F)(F)CO. The summed E-state index contributed by atoms with van der Waals surface area (Å²) in [6.45, 7) is -2.39. The number of benzene rings is 1. The maximum absolute atomic E-state index is 12.7. The van der Waals surface area contributed by atoms with Crippen molar-refractivity contribution in [2.24, 2.45) is 0 Å². The van der Waals surface area contributed by atoms with Crippen molar-refractivity contribution in [1.29, 1.82) is 0 Å². The molecule has 1 rings (SSSR count). The lowest BCUT2D eigenvalue weighted by atomic mass is 10.1. The second-order valence-corrected chi connectivity index (χ2v) is 3.85. The third kappa shape index (κ3) is 4.59. The Morgan fingerprint density at radius 3 is 2.63 bits per heavy atom. The fourth-order valence-electron chi connectivity index (χ4n) is 1.36. The molecule has 2 N–H and O–H groups in total. The highest BCUT2D eigenvalue weighted by atomic mass is 19.3. The van der Waals surface area contributed by atoms with Crippen molar-refractivity contribution in [1.82, 2.24) is 5.32 Å². The summed E-state index contributed by atoms with van der Waals surface area (Å²) in [4.78, 5) is 21.4. The molecule has 0 heterocycles. The highest BCUT2D eigenvalue weighted by molar-refractivity contribution is 5.79. The van der Waals surface area contributed by atoms with Crippen molar-refractivity contribution in [3.05, 3.63) is 39.9 Å². The number of alkyl halides is 2. The monoisotopic (exact) mass is 274 g/mol. The van der Waals surface area contributed by atoms with Crippen molar-refractivity contribution in [3.8, 4) is 0 Å². The summed E-state index contributed by atoms with van der Waals surface area (Å²) in [6.07, 6.45) is -0.376. The minimum Gasteiger partial charge on any atom is -0.390 e. The number of nitrogens with one attached hydrogen (secondary N) is 1. The Morgan fingerprint density at radius 2 is 2.05 bits per heavy atom. The zero-order valence-electron chi connectivity index (χ0n) is 9.81. The van der Waals surface area contributed by atoms with Crippen LogP contribution in [-0.4, -0.2) is 35.0 Å². The minimum atomic E-state index is -3.40. The molecule has 1 amide bonds. The molecule has 0 saturated heterocycles. The van der Waals surface area contributed by atoms with Crippen LogP contribution in [0.3, 0.4) is 0 Å². The Balaban J connectivity index is 2.65. The van der Waals surface area contributed by atoms with Crippen molar-refractivity contribution in [3.63, 3.8) is 0 Å². The third-order valence-corrected chi connectivity index (χ3v) is 2.31. The Morgan fingerprint density at radius 1 is 1.42 bits per heavy atom. The minimum absolute atomic E-state index is 0.136. The van der Waals surface area contributed by atoms with E-state index in [2.05, 4.69) is 0 Å². The van der Waals surface area contributed by atoms with Gasteiger partial charge in [-0.05, 0) is 0 Å². The molecule has 6 nitrogen and oxygen atoms in total. The van der Waals surface area contributed by atoms with Gasteiger partial charge in [0.25, 0.3) is 11.6 Å². The fraction of sp³-hybridized carbons (Fsp3) is 0.364. The molecule has 0 aliphatic heterocycles. The molecular formula is C11H12F2N2O4. The third-order valence-electron chi connectivity index (χ3n) is 2.31. The number of carbonyl (C=O) groups excluding carboxylic acids is 1. The number of hydrogen-bond donors (Lipinski definition) is 2. The molecular weight excluding hydrogens is 262 g/mol. The lowest BCUT2D eigenvalue weighted by Crippen LogP contribution is -2.39. The summed E-state index contributed by atoms with van der Waals surface area (Å²) < 4.78 is 25.4. The van der Waals surface area contributed by atoms with Gasteiger partial charge in [0.2, 0.25) is 5.91 Å². The van der Waals surface area contributed by atoms with E-state index >= 15 is 0 Å². The van der Waals surface area contributed by atoms with Gasteiger partial charge in [0.15, 0.2) is 0 Å². The number of nitrogens with zero attached hydrogens (tertiary/aromatic N) is 1. The maximum Gasteiger partial charge on any atom is 0.287 e. The van der Waals surface area contributed by atoms with E-state index in [4.69, 9.17) is 5.11 Å². The molecule has 0 aliphatic carbocycles. The lowest BCUT2D eigenvalue weighted by Gasteiger charge is -2.13. The van der Waals surface area contributed by atoms with E-state index in [1.165, 1.54) is 24.3 Å². The average Bonchev–Trinajstić information content (AvgIpc) is 2.37. The van der Waals surface area contributed by atoms with Gasteiger partial charge in [0.1, 0.15) is 6.61 Å². The molecule has 104 valence electrons. The van der Waals surface area contributed by atoms with E-state index in [0.717, 1.165) is 0 Å². The Bertz CT molecular complexity index is 480. The van der Waals surface area contributed by atoms with E-state index < -0.39 is 29.9 Å². The predicted octanol–water partition coefficient (Wildman–Crippen LogP) is 0.881. The fourth-order valence-corrected chi connectivity index (χ4v) is 1.36. The van der Waals surface area contributed by atoms with Crippen molar-refractivity contribution < 1.29 is 23.6 Å². The number of nitro benzene ring substituents is 1.